The molecule has 0 heterocycles. The molecule has 8 heteroatoms. The highest BCUT2D eigenvalue weighted by atomic mass is 32.2. The molecule has 1 amide bonds. The van der Waals surface area contributed by atoms with Crippen LogP contribution in [0.3, 0.4) is 0 Å². The van der Waals surface area contributed by atoms with E-state index in [-0.39, 0.29) is 6.61 Å². The monoisotopic (exact) mass is 315 g/mol. The minimum absolute atomic E-state index is 0.0972. The van der Waals surface area contributed by atoms with Crippen LogP contribution in [0.1, 0.15) is 25.8 Å². The van der Waals surface area contributed by atoms with Gasteiger partial charge in [-0.2, -0.15) is 8.42 Å². The number of amides is 1. The van der Waals surface area contributed by atoms with E-state index in [1.807, 2.05) is 6.07 Å². The van der Waals surface area contributed by atoms with Gasteiger partial charge in [-0.25, -0.2) is 9.52 Å². The van der Waals surface area contributed by atoms with Crippen molar-refractivity contribution in [2.24, 2.45) is 0 Å². The van der Waals surface area contributed by atoms with E-state index in [2.05, 4.69) is 21.7 Å². The van der Waals surface area contributed by atoms with Crippen molar-refractivity contribution in [1.29, 1.82) is 0 Å². The van der Waals surface area contributed by atoms with Crippen LogP contribution in [-0.2, 0) is 21.5 Å². The summed E-state index contributed by atoms with van der Waals surface area (Å²) in [6.45, 7) is 5.29. The fourth-order valence-corrected chi connectivity index (χ4v) is 2.37. The zero-order valence-electron chi connectivity index (χ0n) is 12.2. The van der Waals surface area contributed by atoms with E-state index in [4.69, 9.17) is 0 Å². The third-order valence-corrected chi connectivity index (χ3v) is 3.37. The maximum absolute atomic E-state index is 11.7. The second-order valence-corrected chi connectivity index (χ2v) is 5.72. The molecule has 1 aromatic carbocycles. The average molecular weight is 315 g/mol. The Kier molecular flexibility index (Phi) is 6.97. The van der Waals surface area contributed by atoms with Crippen LogP contribution in [0.2, 0.25) is 0 Å². The van der Waals surface area contributed by atoms with Crippen molar-refractivity contribution in [3.05, 3.63) is 29.8 Å². The van der Waals surface area contributed by atoms with E-state index in [1.165, 1.54) is 0 Å². The number of benzene rings is 1. The fourth-order valence-electron chi connectivity index (χ4n) is 1.61. The molecule has 7 nitrogen and oxygen atoms in total. The first kappa shape index (κ1) is 17.3. The van der Waals surface area contributed by atoms with Crippen molar-refractivity contribution < 1.29 is 17.9 Å². The van der Waals surface area contributed by atoms with Crippen LogP contribution in [0.15, 0.2) is 24.3 Å². The lowest BCUT2D eigenvalue weighted by Crippen LogP contribution is -2.35. The molecule has 0 bridgehead atoms. The number of carbonyl (C=O) groups excluding carboxylic acids is 1. The van der Waals surface area contributed by atoms with Gasteiger partial charge in [-0.15, -0.1) is 0 Å². The number of hydrogen-bond donors (Lipinski definition) is 3. The van der Waals surface area contributed by atoms with Crippen molar-refractivity contribution in [2.45, 2.75) is 26.8 Å². The molecule has 0 saturated heterocycles. The summed E-state index contributed by atoms with van der Waals surface area (Å²) in [5, 5.41) is 3.22. The molecule has 0 fully saturated rings. The van der Waals surface area contributed by atoms with Crippen LogP contribution in [0.25, 0.3) is 0 Å². The Morgan fingerprint density at radius 2 is 2.05 bits per heavy atom. The van der Waals surface area contributed by atoms with Crippen LogP contribution < -0.4 is 14.8 Å². The Morgan fingerprint density at radius 3 is 2.71 bits per heavy atom. The van der Waals surface area contributed by atoms with Gasteiger partial charge in [0.15, 0.2) is 0 Å². The van der Waals surface area contributed by atoms with Gasteiger partial charge in [-0.1, -0.05) is 19.1 Å². The molecule has 0 unspecified atom stereocenters. The third-order valence-electron chi connectivity index (χ3n) is 2.43. The molecule has 0 spiro atoms. The summed E-state index contributed by atoms with van der Waals surface area (Å²) >= 11 is 0. The summed E-state index contributed by atoms with van der Waals surface area (Å²) in [5.41, 5.74) is 1.32. The summed E-state index contributed by atoms with van der Waals surface area (Å²) in [6, 6.07) is 6.94. The number of hydrogen-bond acceptors (Lipinski definition) is 5. The fraction of sp³-hybridized carbons (Fsp3) is 0.462. The molecule has 0 aromatic heterocycles. The van der Waals surface area contributed by atoms with Gasteiger partial charge in [-0.05, 0) is 37.6 Å². The predicted molar refractivity (Wildman–Crippen MR) is 81.1 cm³/mol. The zero-order valence-corrected chi connectivity index (χ0v) is 13.0. The zero-order chi connectivity index (χ0) is 15.7. The predicted octanol–water partition coefficient (Wildman–Crippen LogP) is 1.59. The normalized spacial score (nSPS) is 11.0. The van der Waals surface area contributed by atoms with Gasteiger partial charge < -0.3 is 10.1 Å². The summed E-state index contributed by atoms with van der Waals surface area (Å²) < 4.78 is 32.0. The van der Waals surface area contributed by atoms with E-state index in [1.54, 1.807) is 29.8 Å². The van der Waals surface area contributed by atoms with Crippen molar-refractivity contribution in [3.63, 3.8) is 0 Å². The summed E-state index contributed by atoms with van der Waals surface area (Å²) in [5.74, 6) is 0. The van der Waals surface area contributed by atoms with Crippen LogP contribution in [0, 0.1) is 0 Å². The molecule has 0 aliphatic rings. The van der Waals surface area contributed by atoms with Crippen molar-refractivity contribution in [2.75, 3.05) is 17.9 Å². The Bertz CT molecular complexity index is 560. The topological polar surface area (TPSA) is 96.5 Å². The summed E-state index contributed by atoms with van der Waals surface area (Å²) in [6.07, 6.45) is 0.0150. The lowest BCUT2D eigenvalue weighted by Gasteiger charge is -2.10. The number of anilines is 1. The standard InChI is InChI=1S/C13H21N3O4S/c1-3-8-14-10-11-6-5-7-12(9-11)15-21(18,19)16-13(17)20-4-2/h5-7,9,14-15H,3-4,8,10H2,1-2H3,(H,16,17). The highest BCUT2D eigenvalue weighted by molar-refractivity contribution is 7.91. The number of nitrogens with one attached hydrogen (secondary N) is 3. The summed E-state index contributed by atoms with van der Waals surface area (Å²) in [4.78, 5) is 11.1. The lowest BCUT2D eigenvalue weighted by molar-refractivity contribution is 0.159. The number of rotatable bonds is 8. The van der Waals surface area contributed by atoms with E-state index in [0.717, 1.165) is 18.5 Å². The second kappa shape index (κ2) is 8.48. The quantitative estimate of drug-likeness (QED) is 0.633. The Hall–Kier alpha value is -1.80. The number of ether oxygens (including phenoxy) is 1. The third kappa shape index (κ3) is 6.96. The lowest BCUT2D eigenvalue weighted by atomic mass is 10.2. The van der Waals surface area contributed by atoms with Gasteiger partial charge in [-0.3, -0.25) is 4.72 Å². The number of carbonyl (C=O) groups is 1. The minimum Gasteiger partial charge on any atom is -0.449 e. The smallest absolute Gasteiger partial charge is 0.422 e. The second-order valence-electron chi connectivity index (χ2n) is 4.31. The molecule has 1 rings (SSSR count). The Labute approximate surface area is 125 Å². The molecule has 21 heavy (non-hydrogen) atoms. The maximum atomic E-state index is 11.7. The van der Waals surface area contributed by atoms with Crippen molar-refractivity contribution >= 4 is 22.0 Å². The molecule has 0 aliphatic heterocycles. The molecule has 118 valence electrons. The van der Waals surface area contributed by atoms with Crippen LogP contribution >= 0.6 is 0 Å². The summed E-state index contributed by atoms with van der Waals surface area (Å²) in [7, 11) is -3.99. The largest absolute Gasteiger partial charge is 0.449 e. The van der Waals surface area contributed by atoms with Gasteiger partial charge in [0.25, 0.3) is 0 Å². The van der Waals surface area contributed by atoms with E-state index >= 15 is 0 Å². The Morgan fingerprint density at radius 1 is 1.29 bits per heavy atom. The van der Waals surface area contributed by atoms with Gasteiger partial charge in [0, 0.05) is 6.54 Å². The molecule has 0 aliphatic carbocycles. The first-order chi connectivity index (χ1) is 9.96. The highest BCUT2D eigenvalue weighted by Crippen LogP contribution is 2.11. The van der Waals surface area contributed by atoms with E-state index in [9.17, 15) is 13.2 Å². The molecular formula is C13H21N3O4S. The maximum Gasteiger partial charge on any atom is 0.422 e. The average Bonchev–Trinajstić information content (AvgIpc) is 2.38. The van der Waals surface area contributed by atoms with Crippen LogP contribution in [0.4, 0.5) is 10.5 Å². The minimum atomic E-state index is -3.99. The van der Waals surface area contributed by atoms with E-state index in [0.29, 0.717) is 12.2 Å². The van der Waals surface area contributed by atoms with Gasteiger partial charge in [0.05, 0.1) is 12.3 Å². The van der Waals surface area contributed by atoms with Crippen molar-refractivity contribution in [1.82, 2.24) is 10.0 Å². The van der Waals surface area contributed by atoms with Gasteiger partial charge in [0.2, 0.25) is 0 Å². The molecule has 3 N–H and O–H groups in total. The van der Waals surface area contributed by atoms with E-state index < -0.39 is 16.3 Å². The first-order valence-electron chi connectivity index (χ1n) is 6.73. The molecular weight excluding hydrogens is 294 g/mol. The SMILES string of the molecule is CCCNCc1cccc(NS(=O)(=O)NC(=O)OCC)c1. The highest BCUT2D eigenvalue weighted by Gasteiger charge is 2.14. The first-order valence-corrected chi connectivity index (χ1v) is 8.22. The molecule has 0 saturated carbocycles. The molecule has 1 aromatic rings. The van der Waals surface area contributed by atoms with Gasteiger partial charge >= 0.3 is 16.3 Å². The van der Waals surface area contributed by atoms with Crippen molar-refractivity contribution in [3.8, 4) is 0 Å². The molecule has 0 atom stereocenters. The van der Waals surface area contributed by atoms with Crippen LogP contribution in [0.5, 0.6) is 0 Å². The van der Waals surface area contributed by atoms with Gasteiger partial charge in [0.1, 0.15) is 0 Å². The molecule has 0 radical (unpaired) electrons. The van der Waals surface area contributed by atoms with Crippen LogP contribution in [-0.4, -0.2) is 27.7 Å². The Balaban J connectivity index is 2.65.